The van der Waals surface area contributed by atoms with Gasteiger partial charge in [-0.2, -0.15) is 0 Å². The summed E-state index contributed by atoms with van der Waals surface area (Å²) in [6, 6.07) is 5.95. The number of morpholine rings is 1. The molecule has 0 bridgehead atoms. The fraction of sp³-hybridized carbons (Fsp3) is 0.400. The van der Waals surface area contributed by atoms with Crippen LogP contribution in [0.2, 0.25) is 0 Å². The first-order chi connectivity index (χ1) is 9.33. The number of carbonyl (C=O) groups excluding carboxylic acids is 1. The van der Waals surface area contributed by atoms with Crippen molar-refractivity contribution in [3.05, 3.63) is 35.4 Å². The van der Waals surface area contributed by atoms with Crippen LogP contribution in [0.1, 0.15) is 11.1 Å². The first kappa shape index (κ1) is 13.8. The second-order valence-corrected chi connectivity index (χ2v) is 4.46. The van der Waals surface area contributed by atoms with Crippen LogP contribution in [0.25, 0.3) is 6.08 Å². The van der Waals surface area contributed by atoms with E-state index < -0.39 is 0 Å². The van der Waals surface area contributed by atoms with E-state index in [1.54, 1.807) is 13.2 Å². The molecule has 0 spiro atoms. The van der Waals surface area contributed by atoms with E-state index in [4.69, 9.17) is 9.47 Å². The first-order valence-corrected chi connectivity index (χ1v) is 6.42. The standard InChI is InChI=1S/C15H19NO3/c1-18-15-5-4-13(3-2-8-17)11-14(15)12-16-6-9-19-10-7-16/h2-5,8,11H,6-7,9-10,12H2,1H3. The lowest BCUT2D eigenvalue weighted by atomic mass is 10.1. The third-order valence-corrected chi connectivity index (χ3v) is 3.17. The molecular formula is C15H19NO3. The van der Waals surface area contributed by atoms with Crippen LogP contribution >= 0.6 is 0 Å². The fourth-order valence-corrected chi connectivity index (χ4v) is 2.18. The number of carbonyl (C=O) groups is 1. The zero-order valence-electron chi connectivity index (χ0n) is 11.2. The van der Waals surface area contributed by atoms with Crippen LogP contribution in [0.5, 0.6) is 5.75 Å². The van der Waals surface area contributed by atoms with Crippen LogP contribution in [-0.2, 0) is 16.1 Å². The van der Waals surface area contributed by atoms with E-state index in [-0.39, 0.29) is 0 Å². The molecule has 4 heteroatoms. The van der Waals surface area contributed by atoms with Crippen molar-refractivity contribution < 1.29 is 14.3 Å². The molecule has 1 saturated heterocycles. The van der Waals surface area contributed by atoms with Crippen LogP contribution in [0.3, 0.4) is 0 Å². The van der Waals surface area contributed by atoms with Gasteiger partial charge < -0.3 is 9.47 Å². The van der Waals surface area contributed by atoms with E-state index >= 15 is 0 Å². The number of rotatable bonds is 5. The summed E-state index contributed by atoms with van der Waals surface area (Å²) in [5, 5.41) is 0. The number of hydrogen-bond acceptors (Lipinski definition) is 4. The number of aldehydes is 1. The minimum atomic E-state index is 0.784. The second-order valence-electron chi connectivity index (χ2n) is 4.46. The highest BCUT2D eigenvalue weighted by molar-refractivity contribution is 5.74. The highest BCUT2D eigenvalue weighted by atomic mass is 16.5. The normalized spacial score (nSPS) is 16.7. The Hall–Kier alpha value is -1.65. The number of ether oxygens (including phenoxy) is 2. The van der Waals surface area contributed by atoms with Gasteiger partial charge in [0, 0.05) is 25.2 Å². The van der Waals surface area contributed by atoms with Gasteiger partial charge in [0.2, 0.25) is 0 Å². The SMILES string of the molecule is COc1ccc(C=CC=O)cc1CN1CCOCC1. The molecule has 1 heterocycles. The Morgan fingerprint density at radius 2 is 2.16 bits per heavy atom. The summed E-state index contributed by atoms with van der Waals surface area (Å²) >= 11 is 0. The molecular weight excluding hydrogens is 242 g/mol. The Balaban J connectivity index is 2.15. The quantitative estimate of drug-likeness (QED) is 0.598. The van der Waals surface area contributed by atoms with Crippen LogP contribution in [0, 0.1) is 0 Å². The molecule has 19 heavy (non-hydrogen) atoms. The van der Waals surface area contributed by atoms with Gasteiger partial charge in [-0.15, -0.1) is 0 Å². The molecule has 0 atom stereocenters. The van der Waals surface area contributed by atoms with Gasteiger partial charge in [-0.25, -0.2) is 0 Å². The molecule has 102 valence electrons. The predicted molar refractivity (Wildman–Crippen MR) is 74.2 cm³/mol. The number of hydrogen-bond donors (Lipinski definition) is 0. The summed E-state index contributed by atoms with van der Waals surface area (Å²) in [6.45, 7) is 4.30. The number of nitrogens with zero attached hydrogens (tertiary/aromatic N) is 1. The summed E-state index contributed by atoms with van der Waals surface area (Å²) in [5.74, 6) is 0.884. The Labute approximate surface area is 113 Å². The number of allylic oxidation sites excluding steroid dienone is 1. The van der Waals surface area contributed by atoms with Gasteiger partial charge in [-0.1, -0.05) is 12.1 Å². The molecule has 2 rings (SSSR count). The summed E-state index contributed by atoms with van der Waals surface area (Å²) in [4.78, 5) is 12.7. The molecule has 1 aromatic carbocycles. The van der Waals surface area contributed by atoms with Crippen molar-refractivity contribution in [2.24, 2.45) is 0 Å². The summed E-state index contributed by atoms with van der Waals surface area (Å²) in [6.07, 6.45) is 4.08. The molecule has 1 aliphatic rings. The molecule has 0 radical (unpaired) electrons. The summed E-state index contributed by atoms with van der Waals surface area (Å²) in [5.41, 5.74) is 2.15. The van der Waals surface area contributed by atoms with Gasteiger partial charge >= 0.3 is 0 Å². The van der Waals surface area contributed by atoms with Gasteiger partial charge in [0.15, 0.2) is 0 Å². The maximum atomic E-state index is 10.4. The van der Waals surface area contributed by atoms with Crippen molar-refractivity contribution in [3.63, 3.8) is 0 Å². The Bertz CT molecular complexity index is 451. The molecule has 1 aliphatic heterocycles. The molecule has 0 unspecified atom stereocenters. The van der Waals surface area contributed by atoms with Crippen LogP contribution in [0.15, 0.2) is 24.3 Å². The van der Waals surface area contributed by atoms with Gasteiger partial charge in [-0.3, -0.25) is 9.69 Å². The minimum Gasteiger partial charge on any atom is -0.496 e. The van der Waals surface area contributed by atoms with Crippen LogP contribution in [-0.4, -0.2) is 44.6 Å². The second kappa shape index (κ2) is 7.07. The van der Waals surface area contributed by atoms with Gasteiger partial charge in [0.05, 0.1) is 20.3 Å². The van der Waals surface area contributed by atoms with Crippen molar-refractivity contribution in [1.29, 1.82) is 0 Å². The number of benzene rings is 1. The maximum Gasteiger partial charge on any atom is 0.142 e. The maximum absolute atomic E-state index is 10.4. The van der Waals surface area contributed by atoms with Crippen molar-refractivity contribution >= 4 is 12.4 Å². The van der Waals surface area contributed by atoms with Crippen molar-refractivity contribution in [2.45, 2.75) is 6.54 Å². The van der Waals surface area contributed by atoms with Crippen LogP contribution in [0.4, 0.5) is 0 Å². The zero-order chi connectivity index (χ0) is 13.5. The number of methoxy groups -OCH3 is 1. The lowest BCUT2D eigenvalue weighted by Crippen LogP contribution is -2.35. The largest absolute Gasteiger partial charge is 0.496 e. The lowest BCUT2D eigenvalue weighted by Gasteiger charge is -2.27. The Kier molecular flexibility index (Phi) is 5.12. The highest BCUT2D eigenvalue weighted by Crippen LogP contribution is 2.22. The average molecular weight is 261 g/mol. The van der Waals surface area contributed by atoms with Gasteiger partial charge in [0.25, 0.3) is 0 Å². The van der Waals surface area contributed by atoms with Crippen LogP contribution < -0.4 is 4.74 Å². The fourth-order valence-electron chi connectivity index (χ4n) is 2.18. The monoisotopic (exact) mass is 261 g/mol. The third-order valence-electron chi connectivity index (χ3n) is 3.17. The van der Waals surface area contributed by atoms with Crippen molar-refractivity contribution in [1.82, 2.24) is 4.90 Å². The molecule has 0 N–H and O–H groups in total. The lowest BCUT2D eigenvalue weighted by molar-refractivity contribution is -0.104. The van der Waals surface area contributed by atoms with E-state index in [1.165, 1.54) is 6.08 Å². The molecule has 1 fully saturated rings. The average Bonchev–Trinajstić information content (AvgIpc) is 2.46. The van der Waals surface area contributed by atoms with Crippen molar-refractivity contribution in [2.75, 3.05) is 33.4 Å². The van der Waals surface area contributed by atoms with E-state index in [9.17, 15) is 4.79 Å². The smallest absolute Gasteiger partial charge is 0.142 e. The van der Waals surface area contributed by atoms with E-state index in [2.05, 4.69) is 11.0 Å². The van der Waals surface area contributed by atoms with E-state index in [0.717, 1.165) is 56.0 Å². The topological polar surface area (TPSA) is 38.8 Å². The molecule has 4 nitrogen and oxygen atoms in total. The first-order valence-electron chi connectivity index (χ1n) is 6.42. The predicted octanol–water partition coefficient (Wildman–Crippen LogP) is 1.74. The molecule has 0 amide bonds. The molecule has 0 aromatic heterocycles. The molecule has 1 aromatic rings. The van der Waals surface area contributed by atoms with Gasteiger partial charge in [-0.05, 0) is 23.8 Å². The molecule has 0 aliphatic carbocycles. The molecule has 0 saturated carbocycles. The summed E-state index contributed by atoms with van der Waals surface area (Å²) in [7, 11) is 1.68. The van der Waals surface area contributed by atoms with E-state index in [1.807, 2.05) is 12.1 Å². The van der Waals surface area contributed by atoms with Gasteiger partial charge in [0.1, 0.15) is 12.0 Å². The van der Waals surface area contributed by atoms with Crippen molar-refractivity contribution in [3.8, 4) is 5.75 Å². The third kappa shape index (κ3) is 3.91. The highest BCUT2D eigenvalue weighted by Gasteiger charge is 2.13. The zero-order valence-corrected chi connectivity index (χ0v) is 11.2. The summed E-state index contributed by atoms with van der Waals surface area (Å²) < 4.78 is 10.7. The Morgan fingerprint density at radius 3 is 2.84 bits per heavy atom. The van der Waals surface area contributed by atoms with E-state index in [0.29, 0.717) is 0 Å². The Morgan fingerprint density at radius 1 is 1.37 bits per heavy atom. The minimum absolute atomic E-state index is 0.784.